The molecule has 1 saturated carbocycles. The van der Waals surface area contributed by atoms with Crippen LogP contribution in [0.3, 0.4) is 0 Å². The van der Waals surface area contributed by atoms with E-state index in [0.29, 0.717) is 0 Å². The zero-order valence-corrected chi connectivity index (χ0v) is 21.4. The van der Waals surface area contributed by atoms with E-state index in [1.165, 1.54) is 23.5 Å². The number of aromatic nitrogens is 2. The van der Waals surface area contributed by atoms with Crippen molar-refractivity contribution in [3.05, 3.63) is 45.9 Å². The minimum Gasteiger partial charge on any atom is -0.366 e. The third-order valence-electron chi connectivity index (χ3n) is 6.05. The van der Waals surface area contributed by atoms with Crippen molar-refractivity contribution >= 4 is 43.9 Å². The summed E-state index contributed by atoms with van der Waals surface area (Å²) in [6.07, 6.45) is -0.818. The lowest BCUT2D eigenvalue weighted by Crippen LogP contribution is -2.39. The molecule has 2 aliphatic rings. The highest BCUT2D eigenvalue weighted by Gasteiger charge is 2.40. The second-order valence-electron chi connectivity index (χ2n) is 8.91. The van der Waals surface area contributed by atoms with E-state index in [4.69, 9.17) is 11.6 Å². The van der Waals surface area contributed by atoms with E-state index in [1.807, 2.05) is 13.8 Å². The summed E-state index contributed by atoms with van der Waals surface area (Å²) in [5.41, 5.74) is 0.932. The molecule has 1 aliphatic heterocycles. The first-order chi connectivity index (χ1) is 16.4. The second-order valence-corrected chi connectivity index (χ2v) is 12.0. The zero-order chi connectivity index (χ0) is 25.4. The van der Waals surface area contributed by atoms with Gasteiger partial charge >= 0.3 is 6.18 Å². The van der Waals surface area contributed by atoms with Gasteiger partial charge in [-0.2, -0.15) is 13.2 Å². The third-order valence-corrected chi connectivity index (χ3v) is 8.98. The Labute approximate surface area is 211 Å². The molecule has 3 atom stereocenters. The molecule has 0 saturated heterocycles. The molecule has 0 amide bonds. The van der Waals surface area contributed by atoms with Gasteiger partial charge in [0.2, 0.25) is 5.13 Å². The first-order valence-electron chi connectivity index (χ1n) is 11.2. The molecule has 1 aromatic carbocycles. The molecule has 0 radical (unpaired) electrons. The van der Waals surface area contributed by atoms with Gasteiger partial charge in [-0.1, -0.05) is 55.3 Å². The van der Waals surface area contributed by atoms with Crippen molar-refractivity contribution in [2.24, 2.45) is 10.9 Å². The standard InChI is InChI=1S/C22H25ClF3N5O2S2/c1-12(2)20-29-30-21(34-20)31-35(32,33)15-8-6-13(7-9-15)16-4-3-5-18(16)28-19-17(23)10-14(11-27-19)22(24,25)26/h6-10,12,14,16,18H,3-5,11H2,1-2H3,(H,27,28)(H,30,31)/t14?,16-,18+/m0/s1. The minimum absolute atomic E-state index is 0.0333. The fourth-order valence-electron chi connectivity index (χ4n) is 4.17. The van der Waals surface area contributed by atoms with E-state index < -0.39 is 28.7 Å². The predicted octanol–water partition coefficient (Wildman–Crippen LogP) is 5.40. The molecule has 2 aromatic rings. The van der Waals surface area contributed by atoms with Crippen molar-refractivity contribution in [3.8, 4) is 0 Å². The Morgan fingerprint density at radius 2 is 1.86 bits per heavy atom. The molecule has 13 heteroatoms. The van der Waals surface area contributed by atoms with Gasteiger partial charge in [-0.3, -0.25) is 9.71 Å². The number of anilines is 1. The predicted molar refractivity (Wildman–Crippen MR) is 131 cm³/mol. The molecule has 0 bridgehead atoms. The number of dihydropyridines is 1. The van der Waals surface area contributed by atoms with Gasteiger partial charge in [0.15, 0.2) is 0 Å². The maximum Gasteiger partial charge on any atom is 0.396 e. The van der Waals surface area contributed by atoms with Crippen LogP contribution in [0, 0.1) is 5.92 Å². The number of sulfonamides is 1. The minimum atomic E-state index is -4.38. The van der Waals surface area contributed by atoms with E-state index >= 15 is 0 Å². The summed E-state index contributed by atoms with van der Waals surface area (Å²) in [7, 11) is -3.82. The molecule has 1 fully saturated rings. The topological polar surface area (TPSA) is 96.3 Å². The summed E-state index contributed by atoms with van der Waals surface area (Å²) in [6.45, 7) is 3.51. The number of aliphatic imine (C=N–C) groups is 1. The molecule has 2 N–H and O–H groups in total. The van der Waals surface area contributed by atoms with Gasteiger partial charge < -0.3 is 5.32 Å². The van der Waals surface area contributed by atoms with Gasteiger partial charge in [0.05, 0.1) is 22.4 Å². The fraction of sp³-hybridized carbons (Fsp3) is 0.500. The molecule has 1 aromatic heterocycles. The average molecular weight is 548 g/mol. The molecule has 4 rings (SSSR count). The Hall–Kier alpha value is -2.18. The summed E-state index contributed by atoms with van der Waals surface area (Å²) in [5, 5.41) is 12.0. The van der Waals surface area contributed by atoms with Crippen LogP contribution in [0.15, 0.2) is 45.3 Å². The number of rotatable bonds is 6. The summed E-state index contributed by atoms with van der Waals surface area (Å²) in [4.78, 5) is 4.14. The average Bonchev–Trinajstić information content (AvgIpc) is 3.44. The van der Waals surface area contributed by atoms with Crippen LogP contribution in [-0.2, 0) is 10.0 Å². The smallest absolute Gasteiger partial charge is 0.366 e. The number of halogens is 4. The monoisotopic (exact) mass is 547 g/mol. The van der Waals surface area contributed by atoms with Crippen LogP contribution in [0.5, 0.6) is 0 Å². The van der Waals surface area contributed by atoms with Crippen LogP contribution in [0.1, 0.15) is 55.5 Å². The molecule has 35 heavy (non-hydrogen) atoms. The molecule has 190 valence electrons. The lowest BCUT2D eigenvalue weighted by Gasteiger charge is -2.26. The third kappa shape index (κ3) is 5.97. The van der Waals surface area contributed by atoms with Crippen molar-refractivity contribution in [2.75, 3.05) is 11.3 Å². The Kier molecular flexibility index (Phi) is 7.44. The molecule has 2 heterocycles. The van der Waals surface area contributed by atoms with Crippen LogP contribution in [0.25, 0.3) is 0 Å². The number of nitrogens with zero attached hydrogens (tertiary/aromatic N) is 3. The lowest BCUT2D eigenvalue weighted by atomic mass is 9.94. The van der Waals surface area contributed by atoms with Crippen LogP contribution in [0.4, 0.5) is 18.3 Å². The maximum absolute atomic E-state index is 13.0. The van der Waals surface area contributed by atoms with Gasteiger partial charge in [-0.15, -0.1) is 10.2 Å². The van der Waals surface area contributed by atoms with E-state index in [9.17, 15) is 21.6 Å². The van der Waals surface area contributed by atoms with Crippen LogP contribution >= 0.6 is 22.9 Å². The van der Waals surface area contributed by atoms with Crippen molar-refractivity contribution < 1.29 is 21.6 Å². The van der Waals surface area contributed by atoms with Crippen LogP contribution in [-0.4, -0.2) is 43.2 Å². The van der Waals surface area contributed by atoms with Crippen molar-refractivity contribution in [1.29, 1.82) is 0 Å². The zero-order valence-electron chi connectivity index (χ0n) is 19.0. The highest BCUT2D eigenvalue weighted by Crippen LogP contribution is 2.37. The maximum atomic E-state index is 13.0. The molecule has 7 nitrogen and oxygen atoms in total. The number of nitrogens with one attached hydrogen (secondary N) is 2. The number of hydrogen-bond acceptors (Lipinski definition) is 7. The molecule has 0 spiro atoms. The number of benzene rings is 1. The molecular formula is C22H25ClF3N5O2S2. The van der Waals surface area contributed by atoms with E-state index in [2.05, 4.69) is 25.2 Å². The molecular weight excluding hydrogens is 523 g/mol. The Balaban J connectivity index is 1.44. The first kappa shape index (κ1) is 25.9. The number of amidine groups is 1. The van der Waals surface area contributed by atoms with E-state index in [-0.39, 0.29) is 38.8 Å². The highest BCUT2D eigenvalue weighted by molar-refractivity contribution is 7.93. The van der Waals surface area contributed by atoms with Crippen molar-refractivity contribution in [3.63, 3.8) is 0 Å². The van der Waals surface area contributed by atoms with Crippen LogP contribution < -0.4 is 10.0 Å². The Morgan fingerprint density at radius 3 is 2.46 bits per heavy atom. The van der Waals surface area contributed by atoms with Gasteiger partial charge in [0, 0.05) is 17.9 Å². The van der Waals surface area contributed by atoms with Gasteiger partial charge in [-0.25, -0.2) is 8.42 Å². The van der Waals surface area contributed by atoms with Crippen molar-refractivity contribution in [1.82, 2.24) is 15.5 Å². The van der Waals surface area contributed by atoms with Gasteiger partial charge in [-0.05, 0) is 36.6 Å². The summed E-state index contributed by atoms with van der Waals surface area (Å²) in [6, 6.07) is 6.53. The molecule has 1 aliphatic carbocycles. The number of hydrogen-bond donors (Lipinski definition) is 2. The van der Waals surface area contributed by atoms with Gasteiger partial charge in [0.1, 0.15) is 10.8 Å². The van der Waals surface area contributed by atoms with Crippen molar-refractivity contribution in [2.45, 2.75) is 62.1 Å². The normalized spacial score (nSPS) is 23.2. The van der Waals surface area contributed by atoms with Gasteiger partial charge in [0.25, 0.3) is 10.0 Å². The second kappa shape index (κ2) is 10.1. The lowest BCUT2D eigenvalue weighted by molar-refractivity contribution is -0.158. The van der Waals surface area contributed by atoms with E-state index in [1.54, 1.807) is 12.1 Å². The summed E-state index contributed by atoms with van der Waals surface area (Å²) in [5.74, 6) is -1.22. The largest absolute Gasteiger partial charge is 0.396 e. The van der Waals surface area contributed by atoms with Crippen LogP contribution in [0.2, 0.25) is 0 Å². The molecule has 1 unspecified atom stereocenters. The Bertz CT molecular complexity index is 1230. The Morgan fingerprint density at radius 1 is 1.14 bits per heavy atom. The fourth-order valence-corrected chi connectivity index (χ4v) is 6.41. The quantitative estimate of drug-likeness (QED) is 0.505. The first-order valence-corrected chi connectivity index (χ1v) is 13.8. The number of alkyl halides is 3. The highest BCUT2D eigenvalue weighted by atomic mass is 35.5. The van der Waals surface area contributed by atoms with E-state index in [0.717, 1.165) is 35.9 Å². The summed E-state index contributed by atoms with van der Waals surface area (Å²) < 4.78 is 66.9. The summed E-state index contributed by atoms with van der Waals surface area (Å²) >= 11 is 7.29. The SMILES string of the molecule is CC(C)c1nnc(NS(=O)(=O)c2ccc([C@@H]3CCC[C@H]3NC3=NCC(C(F)(F)F)C=C3Cl)cc2)s1.